The zero-order valence-electron chi connectivity index (χ0n) is 8.20. The lowest BCUT2D eigenvalue weighted by Crippen LogP contribution is -2.26. The van der Waals surface area contributed by atoms with Gasteiger partial charge in [-0.15, -0.1) is 5.10 Å². The Morgan fingerprint density at radius 2 is 2.00 bits per heavy atom. The molecule has 5 nitrogen and oxygen atoms in total. The van der Waals surface area contributed by atoms with Crippen LogP contribution in [-0.4, -0.2) is 27.8 Å². The highest BCUT2D eigenvalue weighted by Gasteiger charge is 2.03. The van der Waals surface area contributed by atoms with Crippen LogP contribution in [0.15, 0.2) is 0 Å². The van der Waals surface area contributed by atoms with Gasteiger partial charge in [-0.2, -0.15) is 5.10 Å². The fraction of sp³-hybridized carbons (Fsp3) is 0.625. The van der Waals surface area contributed by atoms with E-state index in [0.29, 0.717) is 12.5 Å². The molecule has 0 radical (unpaired) electrons. The van der Waals surface area contributed by atoms with E-state index < -0.39 is 0 Å². The first kappa shape index (κ1) is 9.85. The standard InChI is InChI=1S/C8H15N5/c1-5(4-9)10-8-11-6(2)7(3)12-13-8/h5H,4,9H2,1-3H3,(H,10,11,13). The van der Waals surface area contributed by atoms with Gasteiger partial charge in [0.05, 0.1) is 11.4 Å². The van der Waals surface area contributed by atoms with Crippen LogP contribution in [0.3, 0.4) is 0 Å². The van der Waals surface area contributed by atoms with Gasteiger partial charge in [-0.25, -0.2) is 4.98 Å². The monoisotopic (exact) mass is 181 g/mol. The second kappa shape index (κ2) is 4.13. The Morgan fingerprint density at radius 3 is 2.54 bits per heavy atom. The van der Waals surface area contributed by atoms with E-state index in [-0.39, 0.29) is 6.04 Å². The van der Waals surface area contributed by atoms with E-state index in [1.807, 2.05) is 20.8 Å². The zero-order valence-corrected chi connectivity index (χ0v) is 8.20. The van der Waals surface area contributed by atoms with Crippen LogP contribution in [-0.2, 0) is 0 Å². The maximum Gasteiger partial charge on any atom is 0.243 e. The maximum absolute atomic E-state index is 5.45. The molecule has 0 saturated carbocycles. The highest BCUT2D eigenvalue weighted by Crippen LogP contribution is 2.02. The first-order chi connectivity index (χ1) is 6.13. The van der Waals surface area contributed by atoms with Crippen molar-refractivity contribution in [1.82, 2.24) is 15.2 Å². The number of nitrogens with one attached hydrogen (secondary N) is 1. The zero-order chi connectivity index (χ0) is 9.84. The number of hydrogen-bond donors (Lipinski definition) is 2. The lowest BCUT2D eigenvalue weighted by atomic mass is 10.3. The van der Waals surface area contributed by atoms with E-state index in [4.69, 9.17) is 5.73 Å². The van der Waals surface area contributed by atoms with Gasteiger partial charge in [0.2, 0.25) is 5.95 Å². The van der Waals surface area contributed by atoms with Gasteiger partial charge >= 0.3 is 0 Å². The quantitative estimate of drug-likeness (QED) is 0.699. The van der Waals surface area contributed by atoms with Gasteiger partial charge in [0.15, 0.2) is 0 Å². The summed E-state index contributed by atoms with van der Waals surface area (Å²) in [6.07, 6.45) is 0. The summed E-state index contributed by atoms with van der Waals surface area (Å²) in [5, 5.41) is 10.9. The Morgan fingerprint density at radius 1 is 1.31 bits per heavy atom. The minimum absolute atomic E-state index is 0.170. The average Bonchev–Trinajstić information content (AvgIpc) is 2.11. The average molecular weight is 181 g/mol. The third-order valence-corrected chi connectivity index (χ3v) is 1.82. The van der Waals surface area contributed by atoms with E-state index in [9.17, 15) is 0 Å². The molecule has 0 spiro atoms. The molecule has 1 rings (SSSR count). The summed E-state index contributed by atoms with van der Waals surface area (Å²) in [4.78, 5) is 4.22. The Hall–Kier alpha value is -1.23. The van der Waals surface area contributed by atoms with Gasteiger partial charge in [-0.1, -0.05) is 0 Å². The predicted molar refractivity (Wildman–Crippen MR) is 51.4 cm³/mol. The van der Waals surface area contributed by atoms with Crippen molar-refractivity contribution < 1.29 is 0 Å². The van der Waals surface area contributed by atoms with Gasteiger partial charge in [0, 0.05) is 12.6 Å². The van der Waals surface area contributed by atoms with Crippen molar-refractivity contribution in [2.75, 3.05) is 11.9 Å². The molecule has 5 heteroatoms. The molecule has 1 aromatic heterocycles. The minimum Gasteiger partial charge on any atom is -0.349 e. The van der Waals surface area contributed by atoms with Gasteiger partial charge in [0.25, 0.3) is 0 Å². The highest BCUT2D eigenvalue weighted by molar-refractivity contribution is 5.25. The minimum atomic E-state index is 0.170. The molecule has 72 valence electrons. The van der Waals surface area contributed by atoms with Gasteiger partial charge < -0.3 is 11.1 Å². The third-order valence-electron chi connectivity index (χ3n) is 1.82. The van der Waals surface area contributed by atoms with Crippen LogP contribution in [0.1, 0.15) is 18.3 Å². The summed E-state index contributed by atoms with van der Waals surface area (Å²) in [5.74, 6) is 0.543. The van der Waals surface area contributed by atoms with Crippen LogP contribution >= 0.6 is 0 Å². The third kappa shape index (κ3) is 2.62. The molecule has 0 fully saturated rings. The molecule has 1 unspecified atom stereocenters. The SMILES string of the molecule is Cc1nnc(NC(C)CN)nc1C. The molecule has 0 aromatic carbocycles. The summed E-state index contributed by atoms with van der Waals surface area (Å²) in [6.45, 7) is 6.31. The molecule has 1 atom stereocenters. The van der Waals surface area contributed by atoms with Crippen molar-refractivity contribution in [2.45, 2.75) is 26.8 Å². The summed E-state index contributed by atoms with van der Waals surface area (Å²) in [6, 6.07) is 0.170. The van der Waals surface area contributed by atoms with Crippen molar-refractivity contribution in [2.24, 2.45) is 5.73 Å². The van der Waals surface area contributed by atoms with Gasteiger partial charge in [-0.3, -0.25) is 0 Å². The predicted octanol–water partition coefficient (Wildman–Crippen LogP) is 0.248. The maximum atomic E-state index is 5.45. The molecule has 1 heterocycles. The van der Waals surface area contributed by atoms with E-state index >= 15 is 0 Å². The Kier molecular flexibility index (Phi) is 3.13. The first-order valence-corrected chi connectivity index (χ1v) is 4.28. The Bertz CT molecular complexity index is 286. The second-order valence-corrected chi connectivity index (χ2v) is 3.09. The Labute approximate surface area is 77.8 Å². The molecule has 13 heavy (non-hydrogen) atoms. The molecule has 0 aliphatic rings. The summed E-state index contributed by atoms with van der Waals surface area (Å²) in [5.41, 5.74) is 7.19. The molecule has 0 amide bonds. The topological polar surface area (TPSA) is 76.7 Å². The number of aryl methyl sites for hydroxylation is 2. The van der Waals surface area contributed by atoms with Crippen LogP contribution < -0.4 is 11.1 Å². The molecule has 0 aliphatic carbocycles. The molecule has 0 saturated heterocycles. The first-order valence-electron chi connectivity index (χ1n) is 4.28. The van der Waals surface area contributed by atoms with E-state index in [2.05, 4.69) is 20.5 Å². The number of nitrogens with two attached hydrogens (primary N) is 1. The molecular formula is C8H15N5. The molecular weight excluding hydrogens is 166 g/mol. The van der Waals surface area contributed by atoms with E-state index in [1.165, 1.54) is 0 Å². The largest absolute Gasteiger partial charge is 0.349 e. The molecule has 1 aromatic rings. The van der Waals surface area contributed by atoms with E-state index in [1.54, 1.807) is 0 Å². The van der Waals surface area contributed by atoms with Gasteiger partial charge in [-0.05, 0) is 20.8 Å². The van der Waals surface area contributed by atoms with Crippen LogP contribution in [0.25, 0.3) is 0 Å². The normalized spacial score (nSPS) is 12.6. The number of rotatable bonds is 3. The van der Waals surface area contributed by atoms with Gasteiger partial charge in [0.1, 0.15) is 0 Å². The van der Waals surface area contributed by atoms with E-state index in [0.717, 1.165) is 11.4 Å². The Balaban J connectivity index is 2.73. The number of anilines is 1. The van der Waals surface area contributed by atoms with Crippen LogP contribution in [0, 0.1) is 13.8 Å². The molecule has 3 N–H and O–H groups in total. The summed E-state index contributed by atoms with van der Waals surface area (Å²) < 4.78 is 0. The molecule has 0 aliphatic heterocycles. The second-order valence-electron chi connectivity index (χ2n) is 3.09. The van der Waals surface area contributed by atoms with Crippen molar-refractivity contribution in [3.8, 4) is 0 Å². The highest BCUT2D eigenvalue weighted by atomic mass is 15.2. The number of nitrogens with zero attached hydrogens (tertiary/aromatic N) is 3. The smallest absolute Gasteiger partial charge is 0.243 e. The van der Waals surface area contributed by atoms with Crippen LogP contribution in [0.4, 0.5) is 5.95 Å². The van der Waals surface area contributed by atoms with Crippen molar-refractivity contribution in [1.29, 1.82) is 0 Å². The lowest BCUT2D eigenvalue weighted by molar-refractivity contribution is 0.773. The number of aromatic nitrogens is 3. The lowest BCUT2D eigenvalue weighted by Gasteiger charge is -2.10. The van der Waals surface area contributed by atoms with Crippen molar-refractivity contribution in [3.63, 3.8) is 0 Å². The summed E-state index contributed by atoms with van der Waals surface area (Å²) in [7, 11) is 0. The molecule has 0 bridgehead atoms. The summed E-state index contributed by atoms with van der Waals surface area (Å²) >= 11 is 0. The van der Waals surface area contributed by atoms with Crippen molar-refractivity contribution >= 4 is 5.95 Å². The fourth-order valence-corrected chi connectivity index (χ4v) is 0.797. The van der Waals surface area contributed by atoms with Crippen LogP contribution in [0.2, 0.25) is 0 Å². The van der Waals surface area contributed by atoms with Crippen LogP contribution in [0.5, 0.6) is 0 Å². The van der Waals surface area contributed by atoms with Crippen molar-refractivity contribution in [3.05, 3.63) is 11.4 Å². The number of hydrogen-bond acceptors (Lipinski definition) is 5. The fourth-order valence-electron chi connectivity index (χ4n) is 0.797.